The van der Waals surface area contributed by atoms with Crippen LogP contribution in [0.4, 0.5) is 11.7 Å². The van der Waals surface area contributed by atoms with E-state index in [1.165, 1.54) is 16.8 Å². The van der Waals surface area contributed by atoms with Gasteiger partial charge in [0.05, 0.1) is 30.9 Å². The number of amides is 1. The molecule has 0 radical (unpaired) electrons. The zero-order valence-corrected chi connectivity index (χ0v) is 20.5. The molecule has 3 aliphatic rings. The smallest absolute Gasteiger partial charge is 0.218 e. The molecule has 1 saturated heterocycles. The first kappa shape index (κ1) is 22.8. The van der Waals surface area contributed by atoms with Crippen molar-refractivity contribution in [2.45, 2.75) is 63.0 Å². The Balaban J connectivity index is 1.28. The third-order valence-corrected chi connectivity index (χ3v) is 8.66. The number of ether oxygens (including phenoxy) is 2. The number of aromatic nitrogens is 2. The van der Waals surface area contributed by atoms with Crippen LogP contribution in [0.3, 0.4) is 0 Å². The second kappa shape index (κ2) is 9.75. The number of nitrogens with zero attached hydrogens (tertiary/aromatic N) is 3. The van der Waals surface area contributed by atoms with Gasteiger partial charge in [-0.15, -0.1) is 11.3 Å². The highest BCUT2D eigenvalue weighted by atomic mass is 32.1. The van der Waals surface area contributed by atoms with Gasteiger partial charge >= 0.3 is 0 Å². The summed E-state index contributed by atoms with van der Waals surface area (Å²) in [5.41, 5.74) is 6.79. The summed E-state index contributed by atoms with van der Waals surface area (Å²) in [6, 6.07) is 2.58. The molecule has 9 nitrogen and oxygen atoms in total. The summed E-state index contributed by atoms with van der Waals surface area (Å²) in [5.74, 6) is 1.90. The Labute approximate surface area is 208 Å². The van der Waals surface area contributed by atoms with Crippen LogP contribution >= 0.6 is 11.3 Å². The van der Waals surface area contributed by atoms with Gasteiger partial charge in [0.2, 0.25) is 11.8 Å². The summed E-state index contributed by atoms with van der Waals surface area (Å²) >= 11 is 1.69. The largest absolute Gasteiger partial charge is 0.490 e. The van der Waals surface area contributed by atoms with Crippen LogP contribution in [0.25, 0.3) is 10.2 Å². The van der Waals surface area contributed by atoms with E-state index in [1.54, 1.807) is 17.5 Å². The molecular formula is C25H31N5O4S. The third kappa shape index (κ3) is 4.74. The molecule has 1 saturated carbocycles. The minimum atomic E-state index is -0.261. The second-order valence-electron chi connectivity index (χ2n) is 9.72. The van der Waals surface area contributed by atoms with Gasteiger partial charge in [-0.1, -0.05) is 0 Å². The average molecular weight is 498 g/mol. The second-order valence-corrected chi connectivity index (χ2v) is 10.8. The lowest BCUT2D eigenvalue weighted by atomic mass is 9.91. The summed E-state index contributed by atoms with van der Waals surface area (Å²) in [6.45, 7) is 3.73. The number of oxazole rings is 1. The fourth-order valence-electron chi connectivity index (χ4n) is 5.86. The summed E-state index contributed by atoms with van der Waals surface area (Å²) in [7, 11) is 0. The number of primary amides is 1. The molecule has 3 aromatic heterocycles. The van der Waals surface area contributed by atoms with E-state index >= 15 is 0 Å². The summed E-state index contributed by atoms with van der Waals surface area (Å²) in [6.07, 6.45) is 9.73. The Morgan fingerprint density at radius 3 is 2.80 bits per heavy atom. The van der Waals surface area contributed by atoms with Crippen molar-refractivity contribution in [3.8, 4) is 5.75 Å². The zero-order valence-electron chi connectivity index (χ0n) is 19.7. The summed E-state index contributed by atoms with van der Waals surface area (Å²) < 4.78 is 17.6. The molecule has 1 amide bonds. The minimum absolute atomic E-state index is 0.130. The van der Waals surface area contributed by atoms with Gasteiger partial charge in [0.25, 0.3) is 0 Å². The van der Waals surface area contributed by atoms with Crippen molar-refractivity contribution in [2.24, 2.45) is 5.73 Å². The van der Waals surface area contributed by atoms with Crippen molar-refractivity contribution in [1.82, 2.24) is 14.9 Å². The van der Waals surface area contributed by atoms with Gasteiger partial charge in [-0.3, -0.25) is 9.69 Å². The zero-order chi connectivity index (χ0) is 23.8. The maximum Gasteiger partial charge on any atom is 0.218 e. The number of thiophene rings is 1. The standard InChI is InChI=1S/C25H31N5O4S/c26-20(31)11-15-1-6-19-23(15)24-18(12-21(29-25(24)35-19)28-22-13-27-14-33-22)34-17-4-2-16(3-5-17)30-7-9-32-10-8-30/h12-17H,1-11H2,(H2,26,31)(H,28,29)/t15-,16?,17?/m1/s1. The first-order valence-electron chi connectivity index (χ1n) is 12.5. The predicted octanol–water partition coefficient (Wildman–Crippen LogP) is 3.96. The molecule has 0 bridgehead atoms. The Morgan fingerprint density at radius 1 is 1.23 bits per heavy atom. The number of carbonyl (C=O) groups excluding carboxylic acids is 1. The van der Waals surface area contributed by atoms with E-state index < -0.39 is 0 Å². The Kier molecular flexibility index (Phi) is 6.34. The van der Waals surface area contributed by atoms with Crippen LogP contribution in [0.5, 0.6) is 5.75 Å². The molecule has 3 aromatic rings. The number of nitrogens with two attached hydrogens (primary N) is 1. The molecular weight excluding hydrogens is 466 g/mol. The number of aryl methyl sites for hydroxylation is 1. The highest BCUT2D eigenvalue weighted by Crippen LogP contribution is 2.49. The number of fused-ring (bicyclic) bond motifs is 3. The van der Waals surface area contributed by atoms with Gasteiger partial charge in [0.1, 0.15) is 16.4 Å². The number of hydrogen-bond donors (Lipinski definition) is 2. The van der Waals surface area contributed by atoms with E-state index in [0.29, 0.717) is 24.2 Å². The first-order valence-corrected chi connectivity index (χ1v) is 13.3. The molecule has 0 aromatic carbocycles. The molecule has 186 valence electrons. The van der Waals surface area contributed by atoms with E-state index in [9.17, 15) is 4.79 Å². The van der Waals surface area contributed by atoms with Crippen LogP contribution in [0.2, 0.25) is 0 Å². The van der Waals surface area contributed by atoms with Crippen molar-refractivity contribution in [3.63, 3.8) is 0 Å². The third-order valence-electron chi connectivity index (χ3n) is 7.50. The number of anilines is 2. The molecule has 2 aliphatic carbocycles. The van der Waals surface area contributed by atoms with Gasteiger partial charge in [0, 0.05) is 36.5 Å². The molecule has 6 rings (SSSR count). The van der Waals surface area contributed by atoms with E-state index in [-0.39, 0.29) is 17.9 Å². The van der Waals surface area contributed by atoms with Crippen LogP contribution in [-0.2, 0) is 16.0 Å². The molecule has 1 atom stereocenters. The van der Waals surface area contributed by atoms with Crippen LogP contribution in [-0.4, -0.2) is 59.2 Å². The summed E-state index contributed by atoms with van der Waals surface area (Å²) in [4.78, 5) is 25.4. The predicted molar refractivity (Wildman–Crippen MR) is 133 cm³/mol. The highest BCUT2D eigenvalue weighted by Gasteiger charge is 2.33. The van der Waals surface area contributed by atoms with Crippen LogP contribution in [0.1, 0.15) is 54.9 Å². The maximum atomic E-state index is 11.8. The van der Waals surface area contributed by atoms with E-state index in [4.69, 9.17) is 24.6 Å². The molecule has 2 fully saturated rings. The fraction of sp³-hybridized carbons (Fsp3) is 0.560. The Morgan fingerprint density at radius 2 is 2.06 bits per heavy atom. The normalized spacial score (nSPS) is 25.0. The lowest BCUT2D eigenvalue weighted by Crippen LogP contribution is -2.46. The minimum Gasteiger partial charge on any atom is -0.490 e. The van der Waals surface area contributed by atoms with E-state index in [2.05, 4.69) is 15.2 Å². The van der Waals surface area contributed by atoms with Crippen molar-refractivity contribution < 1.29 is 18.7 Å². The summed E-state index contributed by atoms with van der Waals surface area (Å²) in [5, 5.41) is 4.25. The van der Waals surface area contributed by atoms with Gasteiger partial charge < -0.3 is 24.9 Å². The Hall–Kier alpha value is -2.69. The van der Waals surface area contributed by atoms with Gasteiger partial charge in [0.15, 0.2) is 6.39 Å². The van der Waals surface area contributed by atoms with E-state index in [0.717, 1.165) is 80.8 Å². The topological polar surface area (TPSA) is 116 Å². The van der Waals surface area contributed by atoms with Crippen molar-refractivity contribution in [2.75, 3.05) is 31.6 Å². The monoisotopic (exact) mass is 497 g/mol. The van der Waals surface area contributed by atoms with Crippen LogP contribution in [0.15, 0.2) is 23.1 Å². The lowest BCUT2D eigenvalue weighted by molar-refractivity contribution is -0.118. The molecule has 35 heavy (non-hydrogen) atoms. The average Bonchev–Trinajstić information content (AvgIpc) is 3.58. The van der Waals surface area contributed by atoms with Gasteiger partial charge in [-0.2, -0.15) is 0 Å². The van der Waals surface area contributed by atoms with Crippen LogP contribution in [0, 0.1) is 0 Å². The van der Waals surface area contributed by atoms with Gasteiger partial charge in [-0.25, -0.2) is 9.97 Å². The first-order chi connectivity index (χ1) is 17.1. The molecule has 3 N–H and O–H groups in total. The number of morpholine rings is 1. The highest BCUT2D eigenvalue weighted by molar-refractivity contribution is 7.19. The van der Waals surface area contributed by atoms with E-state index in [1.807, 2.05) is 6.07 Å². The SMILES string of the molecule is NC(=O)C[C@H]1CCc2sc3nc(Nc4cnco4)cc(OC4CCC(N5CCOCC5)CC4)c3c21. The molecule has 0 spiro atoms. The maximum absolute atomic E-state index is 11.8. The number of pyridine rings is 1. The fourth-order valence-corrected chi connectivity index (χ4v) is 7.15. The Bertz CT molecular complexity index is 1180. The molecule has 4 heterocycles. The van der Waals surface area contributed by atoms with Crippen molar-refractivity contribution in [1.29, 1.82) is 0 Å². The van der Waals surface area contributed by atoms with Gasteiger partial charge in [-0.05, 0) is 50.0 Å². The number of hydrogen-bond acceptors (Lipinski definition) is 9. The van der Waals surface area contributed by atoms with Crippen LogP contribution < -0.4 is 15.8 Å². The molecule has 1 aliphatic heterocycles. The molecule has 0 unspecified atom stereocenters. The number of carbonyl (C=O) groups is 1. The van der Waals surface area contributed by atoms with Crippen molar-refractivity contribution in [3.05, 3.63) is 29.1 Å². The lowest BCUT2D eigenvalue weighted by Gasteiger charge is -2.38. The number of nitrogens with one attached hydrogen (secondary N) is 1. The quantitative estimate of drug-likeness (QED) is 0.504. The molecule has 10 heteroatoms. The number of rotatable bonds is 7. The van der Waals surface area contributed by atoms with Crippen molar-refractivity contribution >= 4 is 39.2 Å².